The summed E-state index contributed by atoms with van der Waals surface area (Å²) in [4.78, 5) is 17.4. The maximum atomic E-state index is 10.6. The predicted molar refractivity (Wildman–Crippen MR) is 51.0 cm³/mol. The Kier molecular flexibility index (Phi) is 2.02. The van der Waals surface area contributed by atoms with Crippen molar-refractivity contribution in [3.05, 3.63) is 42.4 Å². The number of H-pyrrole nitrogens is 1. The van der Waals surface area contributed by atoms with Gasteiger partial charge in [-0.3, -0.25) is 4.98 Å². The maximum Gasteiger partial charge on any atom is 0.337 e. The molecule has 0 aliphatic carbocycles. The lowest BCUT2D eigenvalue weighted by Gasteiger charge is -1.94. The van der Waals surface area contributed by atoms with Gasteiger partial charge in [0.1, 0.15) is 0 Å². The molecule has 0 aliphatic heterocycles. The first kappa shape index (κ1) is 8.50. The molecule has 0 aromatic carbocycles. The van der Waals surface area contributed by atoms with Crippen LogP contribution in [0.5, 0.6) is 0 Å². The summed E-state index contributed by atoms with van der Waals surface area (Å²) in [7, 11) is 0. The highest BCUT2D eigenvalue weighted by molar-refractivity contribution is 5.89. The molecule has 0 fully saturated rings. The topological polar surface area (TPSA) is 66.0 Å². The number of carboxylic acid groups (broad SMARTS) is 1. The quantitative estimate of drug-likeness (QED) is 0.754. The lowest BCUT2D eigenvalue weighted by Crippen LogP contribution is -1.91. The first-order valence-corrected chi connectivity index (χ1v) is 4.09. The van der Waals surface area contributed by atoms with Crippen LogP contribution in [0.2, 0.25) is 0 Å². The molecule has 0 bridgehead atoms. The summed E-state index contributed by atoms with van der Waals surface area (Å²) in [6.45, 7) is 0. The standard InChI is InChI=1S/C10H8N2O2/c13-10(14)8-5-9(12-6-8)7-1-3-11-4-2-7/h1-6,12H,(H,13,14). The number of aromatic amines is 1. The van der Waals surface area contributed by atoms with E-state index in [0.29, 0.717) is 0 Å². The van der Waals surface area contributed by atoms with Crippen molar-refractivity contribution in [1.82, 2.24) is 9.97 Å². The number of hydrogen-bond acceptors (Lipinski definition) is 2. The molecule has 0 spiro atoms. The van der Waals surface area contributed by atoms with E-state index in [1.807, 2.05) is 12.1 Å². The number of rotatable bonds is 2. The van der Waals surface area contributed by atoms with Gasteiger partial charge in [-0.25, -0.2) is 4.79 Å². The number of nitrogens with one attached hydrogen (secondary N) is 1. The molecular formula is C10H8N2O2. The molecule has 0 amide bonds. The average molecular weight is 188 g/mol. The normalized spacial score (nSPS) is 10.0. The molecule has 2 rings (SSSR count). The summed E-state index contributed by atoms with van der Waals surface area (Å²) in [6, 6.07) is 5.23. The minimum atomic E-state index is -0.929. The number of hydrogen-bond donors (Lipinski definition) is 2. The Morgan fingerprint density at radius 2 is 2.07 bits per heavy atom. The van der Waals surface area contributed by atoms with E-state index < -0.39 is 5.97 Å². The molecule has 0 aliphatic rings. The van der Waals surface area contributed by atoms with Crippen molar-refractivity contribution < 1.29 is 9.90 Å². The minimum absolute atomic E-state index is 0.261. The highest BCUT2D eigenvalue weighted by Crippen LogP contribution is 2.17. The second-order valence-electron chi connectivity index (χ2n) is 2.84. The van der Waals surface area contributed by atoms with Gasteiger partial charge in [0.05, 0.1) is 5.56 Å². The molecule has 70 valence electrons. The van der Waals surface area contributed by atoms with Gasteiger partial charge in [-0.2, -0.15) is 0 Å². The van der Waals surface area contributed by atoms with E-state index in [-0.39, 0.29) is 5.56 Å². The third-order valence-corrected chi connectivity index (χ3v) is 1.92. The Morgan fingerprint density at radius 3 is 2.64 bits per heavy atom. The number of carboxylic acids is 1. The first-order valence-electron chi connectivity index (χ1n) is 4.09. The minimum Gasteiger partial charge on any atom is -0.478 e. The molecule has 2 N–H and O–H groups in total. The predicted octanol–water partition coefficient (Wildman–Crippen LogP) is 1.77. The number of aromatic carboxylic acids is 1. The molecule has 4 nitrogen and oxygen atoms in total. The van der Waals surface area contributed by atoms with Crippen molar-refractivity contribution in [2.45, 2.75) is 0 Å². The van der Waals surface area contributed by atoms with Crippen LogP contribution >= 0.6 is 0 Å². The van der Waals surface area contributed by atoms with Crippen LogP contribution in [-0.2, 0) is 0 Å². The number of carbonyl (C=O) groups is 1. The largest absolute Gasteiger partial charge is 0.478 e. The van der Waals surface area contributed by atoms with Crippen molar-refractivity contribution in [3.8, 4) is 11.3 Å². The van der Waals surface area contributed by atoms with Crippen LogP contribution in [0.4, 0.5) is 0 Å². The van der Waals surface area contributed by atoms with E-state index in [1.54, 1.807) is 18.5 Å². The monoisotopic (exact) mass is 188 g/mol. The summed E-state index contributed by atoms with van der Waals surface area (Å²) in [6.07, 6.45) is 4.80. The highest BCUT2D eigenvalue weighted by atomic mass is 16.4. The number of aromatic nitrogens is 2. The Bertz CT molecular complexity index is 448. The maximum absolute atomic E-state index is 10.6. The summed E-state index contributed by atoms with van der Waals surface area (Å²) < 4.78 is 0. The van der Waals surface area contributed by atoms with Gasteiger partial charge in [0.15, 0.2) is 0 Å². The second-order valence-corrected chi connectivity index (χ2v) is 2.84. The van der Waals surface area contributed by atoms with Gasteiger partial charge in [0, 0.05) is 29.8 Å². The van der Waals surface area contributed by atoms with Crippen LogP contribution in [0.1, 0.15) is 10.4 Å². The van der Waals surface area contributed by atoms with E-state index >= 15 is 0 Å². The summed E-state index contributed by atoms with van der Waals surface area (Å²) in [5.74, 6) is -0.929. The molecule has 0 unspecified atom stereocenters. The lowest BCUT2D eigenvalue weighted by molar-refractivity contribution is 0.0697. The van der Waals surface area contributed by atoms with Gasteiger partial charge in [-0.05, 0) is 18.2 Å². The van der Waals surface area contributed by atoms with Crippen LogP contribution in [0.3, 0.4) is 0 Å². The van der Waals surface area contributed by atoms with Crippen LogP contribution < -0.4 is 0 Å². The average Bonchev–Trinajstić information content (AvgIpc) is 2.68. The number of nitrogens with zero attached hydrogens (tertiary/aromatic N) is 1. The van der Waals surface area contributed by atoms with E-state index in [9.17, 15) is 4.79 Å². The van der Waals surface area contributed by atoms with Crippen molar-refractivity contribution in [2.75, 3.05) is 0 Å². The fourth-order valence-electron chi connectivity index (χ4n) is 1.22. The van der Waals surface area contributed by atoms with Gasteiger partial charge < -0.3 is 10.1 Å². The molecule has 0 atom stereocenters. The van der Waals surface area contributed by atoms with E-state index in [0.717, 1.165) is 11.3 Å². The first-order chi connectivity index (χ1) is 6.77. The molecular weight excluding hydrogens is 180 g/mol. The Hall–Kier alpha value is -2.10. The van der Waals surface area contributed by atoms with E-state index in [4.69, 9.17) is 5.11 Å². The Balaban J connectivity index is 2.39. The lowest BCUT2D eigenvalue weighted by atomic mass is 10.2. The molecule has 0 saturated carbocycles. The summed E-state index contributed by atoms with van der Waals surface area (Å²) in [5.41, 5.74) is 1.97. The summed E-state index contributed by atoms with van der Waals surface area (Å²) >= 11 is 0. The molecule has 2 aromatic heterocycles. The molecule has 2 aromatic rings. The van der Waals surface area contributed by atoms with Crippen LogP contribution in [0, 0.1) is 0 Å². The zero-order valence-corrected chi connectivity index (χ0v) is 7.27. The third-order valence-electron chi connectivity index (χ3n) is 1.92. The van der Waals surface area contributed by atoms with Crippen molar-refractivity contribution in [2.24, 2.45) is 0 Å². The highest BCUT2D eigenvalue weighted by Gasteiger charge is 2.06. The van der Waals surface area contributed by atoms with Gasteiger partial charge in [0.25, 0.3) is 0 Å². The van der Waals surface area contributed by atoms with Gasteiger partial charge >= 0.3 is 5.97 Å². The van der Waals surface area contributed by atoms with Crippen molar-refractivity contribution in [1.29, 1.82) is 0 Å². The smallest absolute Gasteiger partial charge is 0.337 e. The van der Waals surface area contributed by atoms with Crippen LogP contribution in [-0.4, -0.2) is 21.0 Å². The van der Waals surface area contributed by atoms with Crippen molar-refractivity contribution >= 4 is 5.97 Å². The number of pyridine rings is 1. The summed E-state index contributed by atoms with van der Waals surface area (Å²) in [5, 5.41) is 8.71. The fourth-order valence-corrected chi connectivity index (χ4v) is 1.22. The van der Waals surface area contributed by atoms with Gasteiger partial charge in [-0.15, -0.1) is 0 Å². The molecule has 4 heteroatoms. The Labute approximate surface area is 80.2 Å². The SMILES string of the molecule is O=C(O)c1c[nH]c(-c2ccncc2)c1. The van der Waals surface area contributed by atoms with Gasteiger partial charge in [-0.1, -0.05) is 0 Å². The third kappa shape index (κ3) is 1.50. The van der Waals surface area contributed by atoms with E-state index in [2.05, 4.69) is 9.97 Å². The van der Waals surface area contributed by atoms with Crippen LogP contribution in [0.15, 0.2) is 36.8 Å². The molecule has 0 saturated heterocycles. The second kappa shape index (κ2) is 3.33. The fraction of sp³-hybridized carbons (Fsp3) is 0. The zero-order valence-electron chi connectivity index (χ0n) is 7.27. The van der Waals surface area contributed by atoms with Crippen molar-refractivity contribution in [3.63, 3.8) is 0 Å². The van der Waals surface area contributed by atoms with Crippen LogP contribution in [0.25, 0.3) is 11.3 Å². The molecule has 14 heavy (non-hydrogen) atoms. The zero-order chi connectivity index (χ0) is 9.97. The molecule has 2 heterocycles. The Morgan fingerprint density at radius 1 is 1.36 bits per heavy atom. The molecule has 0 radical (unpaired) electrons. The van der Waals surface area contributed by atoms with Gasteiger partial charge in [0.2, 0.25) is 0 Å². The van der Waals surface area contributed by atoms with E-state index in [1.165, 1.54) is 6.20 Å².